The molecule has 0 fully saturated rings. The molecule has 0 saturated heterocycles. The first-order valence-electron chi connectivity index (χ1n) is 10.7. The molecule has 3 aromatic rings. The molecule has 0 aliphatic carbocycles. The lowest BCUT2D eigenvalue weighted by Gasteiger charge is -2.33. The summed E-state index contributed by atoms with van der Waals surface area (Å²) < 4.78 is 121. The van der Waals surface area contributed by atoms with E-state index in [1.54, 1.807) is 12.1 Å². The molecule has 0 bridgehead atoms. The Hall–Kier alpha value is -3.17. The molecule has 0 aliphatic rings. The minimum atomic E-state index is -6.95. The molecule has 0 aliphatic heterocycles. The van der Waals surface area contributed by atoms with Gasteiger partial charge in [-0.25, -0.2) is 0 Å². The van der Waals surface area contributed by atoms with Crippen molar-refractivity contribution in [3.05, 3.63) is 78.4 Å². The summed E-state index contributed by atoms with van der Waals surface area (Å²) in [6.45, 7) is 1.80. The van der Waals surface area contributed by atoms with Gasteiger partial charge in [-0.2, -0.15) is 39.5 Å². The number of alkyl halides is 9. The molecule has 0 spiro atoms. The molecule has 0 N–H and O–H groups in total. The Balaban J connectivity index is 1.69. The van der Waals surface area contributed by atoms with E-state index in [-0.39, 0.29) is 0 Å². The maximum atomic E-state index is 13.6. The normalized spacial score (nSPS) is 13.2. The Morgan fingerprint density at radius 1 is 0.556 bits per heavy atom. The molecule has 3 rings (SSSR count). The van der Waals surface area contributed by atoms with Crippen molar-refractivity contribution in [3.8, 4) is 28.0 Å². The van der Waals surface area contributed by atoms with Crippen LogP contribution in [-0.4, -0.2) is 30.6 Å². The maximum Gasteiger partial charge on any atom is 0.460 e. The van der Waals surface area contributed by atoms with Gasteiger partial charge in [-0.1, -0.05) is 74.5 Å². The molecule has 0 saturated carbocycles. The lowest BCUT2D eigenvalue weighted by atomic mass is 9.97. The van der Waals surface area contributed by atoms with E-state index in [1.807, 2.05) is 36.4 Å². The fraction of sp³-hybridized carbons (Fsp3) is 0.308. The molecule has 36 heavy (non-hydrogen) atoms. The molecule has 0 radical (unpaired) electrons. The standard InChI is InChI=1S/C26H21F9O/c1-16(2)17-3-5-18(6-4-17)19-7-9-20(10-8-19)21-11-13-22(14-12-21)36-15-23(27,28)24(29,30)25(31,32)26(33,34)35/h3-14,16H,15H2,1-2H3. The van der Waals surface area contributed by atoms with Gasteiger partial charge in [0.05, 0.1) is 0 Å². The molecule has 3 aromatic carbocycles. The van der Waals surface area contributed by atoms with Gasteiger partial charge in [0.15, 0.2) is 6.61 Å². The first-order valence-corrected chi connectivity index (χ1v) is 10.7. The lowest BCUT2D eigenvalue weighted by molar-refractivity contribution is -0.398. The Bertz CT molecular complexity index is 1150. The number of benzene rings is 3. The van der Waals surface area contributed by atoms with Gasteiger partial charge in [-0.15, -0.1) is 0 Å². The minimum Gasteiger partial charge on any atom is -0.487 e. The fourth-order valence-electron chi connectivity index (χ4n) is 3.33. The van der Waals surface area contributed by atoms with Crippen LogP contribution in [0.3, 0.4) is 0 Å². The second kappa shape index (κ2) is 9.71. The lowest BCUT2D eigenvalue weighted by Crippen LogP contribution is -2.62. The summed E-state index contributed by atoms with van der Waals surface area (Å²) in [5, 5.41) is 0. The summed E-state index contributed by atoms with van der Waals surface area (Å²) in [7, 11) is 0. The van der Waals surface area contributed by atoms with Crippen molar-refractivity contribution in [1.82, 2.24) is 0 Å². The summed E-state index contributed by atoms with van der Waals surface area (Å²) in [6.07, 6.45) is -6.87. The van der Waals surface area contributed by atoms with Crippen molar-refractivity contribution in [2.75, 3.05) is 6.61 Å². The molecular weight excluding hydrogens is 499 g/mol. The van der Waals surface area contributed by atoms with E-state index in [9.17, 15) is 39.5 Å². The smallest absolute Gasteiger partial charge is 0.460 e. The largest absolute Gasteiger partial charge is 0.487 e. The zero-order valence-corrected chi connectivity index (χ0v) is 19.0. The summed E-state index contributed by atoms with van der Waals surface area (Å²) in [5.74, 6) is -19.5. The summed E-state index contributed by atoms with van der Waals surface area (Å²) in [6, 6.07) is 20.5. The highest BCUT2D eigenvalue weighted by atomic mass is 19.4. The third-order valence-corrected chi connectivity index (χ3v) is 5.61. The molecule has 0 unspecified atom stereocenters. The van der Waals surface area contributed by atoms with Gasteiger partial charge < -0.3 is 4.74 Å². The number of ether oxygens (including phenoxy) is 1. The Kier molecular flexibility index (Phi) is 7.39. The summed E-state index contributed by atoms with van der Waals surface area (Å²) in [4.78, 5) is 0. The van der Waals surface area contributed by atoms with E-state index < -0.39 is 36.3 Å². The van der Waals surface area contributed by atoms with Crippen LogP contribution >= 0.6 is 0 Å². The van der Waals surface area contributed by atoms with Crippen molar-refractivity contribution >= 4 is 0 Å². The van der Waals surface area contributed by atoms with Crippen LogP contribution in [0.4, 0.5) is 39.5 Å². The number of halogens is 9. The highest BCUT2D eigenvalue weighted by Crippen LogP contribution is 2.53. The molecular formula is C26H21F9O. The average Bonchev–Trinajstić information content (AvgIpc) is 2.82. The first kappa shape index (κ1) is 27.4. The predicted octanol–water partition coefficient (Wildman–Crippen LogP) is 8.99. The van der Waals surface area contributed by atoms with Crippen LogP contribution in [-0.2, 0) is 0 Å². The van der Waals surface area contributed by atoms with E-state index in [2.05, 4.69) is 18.6 Å². The number of rotatable bonds is 8. The van der Waals surface area contributed by atoms with Crippen LogP contribution in [0.1, 0.15) is 25.3 Å². The van der Waals surface area contributed by atoms with Gasteiger partial charge in [0.1, 0.15) is 5.75 Å². The third-order valence-electron chi connectivity index (χ3n) is 5.61. The van der Waals surface area contributed by atoms with Crippen molar-refractivity contribution in [2.24, 2.45) is 0 Å². The van der Waals surface area contributed by atoms with Crippen LogP contribution < -0.4 is 4.74 Å². The van der Waals surface area contributed by atoms with Crippen LogP contribution in [0, 0.1) is 0 Å². The van der Waals surface area contributed by atoms with E-state index in [0.717, 1.165) is 28.8 Å². The zero-order chi connectivity index (χ0) is 26.9. The van der Waals surface area contributed by atoms with Crippen molar-refractivity contribution in [2.45, 2.75) is 43.7 Å². The Labute approximate surface area is 201 Å². The highest BCUT2D eigenvalue weighted by Gasteiger charge is 2.81. The van der Waals surface area contributed by atoms with Gasteiger partial charge in [0.2, 0.25) is 0 Å². The summed E-state index contributed by atoms with van der Waals surface area (Å²) >= 11 is 0. The second-order valence-electron chi connectivity index (χ2n) is 8.52. The fourth-order valence-corrected chi connectivity index (χ4v) is 3.33. The van der Waals surface area contributed by atoms with Gasteiger partial charge >= 0.3 is 23.9 Å². The van der Waals surface area contributed by atoms with Crippen LogP contribution in [0.2, 0.25) is 0 Å². The van der Waals surface area contributed by atoms with Gasteiger partial charge in [0.25, 0.3) is 0 Å². The second-order valence-corrected chi connectivity index (χ2v) is 8.52. The van der Waals surface area contributed by atoms with Gasteiger partial charge in [-0.3, -0.25) is 0 Å². The first-order chi connectivity index (χ1) is 16.6. The van der Waals surface area contributed by atoms with Crippen LogP contribution in [0.25, 0.3) is 22.3 Å². The molecule has 0 aromatic heterocycles. The van der Waals surface area contributed by atoms with E-state index >= 15 is 0 Å². The molecule has 1 nitrogen and oxygen atoms in total. The van der Waals surface area contributed by atoms with Gasteiger partial charge in [-0.05, 0) is 45.9 Å². The highest BCUT2D eigenvalue weighted by molar-refractivity contribution is 5.70. The molecule has 0 amide bonds. The van der Waals surface area contributed by atoms with E-state index in [4.69, 9.17) is 0 Å². The molecule has 0 atom stereocenters. The van der Waals surface area contributed by atoms with Gasteiger partial charge in [0, 0.05) is 0 Å². The van der Waals surface area contributed by atoms with Crippen LogP contribution in [0.15, 0.2) is 72.8 Å². The topological polar surface area (TPSA) is 9.23 Å². The average molecular weight is 520 g/mol. The minimum absolute atomic E-state index is 0.400. The maximum absolute atomic E-state index is 13.6. The van der Waals surface area contributed by atoms with Crippen molar-refractivity contribution in [3.63, 3.8) is 0 Å². The molecule has 10 heteroatoms. The summed E-state index contributed by atoms with van der Waals surface area (Å²) in [5.41, 5.74) is 4.49. The molecule has 194 valence electrons. The zero-order valence-electron chi connectivity index (χ0n) is 19.0. The third kappa shape index (κ3) is 5.32. The molecule has 0 heterocycles. The monoisotopic (exact) mass is 520 g/mol. The Morgan fingerprint density at radius 3 is 1.28 bits per heavy atom. The number of hydrogen-bond acceptors (Lipinski definition) is 1. The van der Waals surface area contributed by atoms with Crippen molar-refractivity contribution < 1.29 is 44.3 Å². The Morgan fingerprint density at radius 2 is 0.917 bits per heavy atom. The van der Waals surface area contributed by atoms with E-state index in [0.29, 0.717) is 11.5 Å². The van der Waals surface area contributed by atoms with Crippen molar-refractivity contribution in [1.29, 1.82) is 0 Å². The van der Waals surface area contributed by atoms with Crippen LogP contribution in [0.5, 0.6) is 5.75 Å². The number of hydrogen-bond donors (Lipinski definition) is 0. The quantitative estimate of drug-likeness (QED) is 0.269. The SMILES string of the molecule is CC(C)c1ccc(-c2ccc(-c3ccc(OCC(F)(F)C(F)(F)C(F)(F)C(F)(F)F)cc3)cc2)cc1. The predicted molar refractivity (Wildman–Crippen MR) is 118 cm³/mol. The van der Waals surface area contributed by atoms with E-state index in [1.165, 1.54) is 17.7 Å².